The summed E-state index contributed by atoms with van der Waals surface area (Å²) in [4.78, 5) is 100. The smallest absolute Gasteiger partial charge is 0.314 e. The molecule has 12 rings (SSSR count). The van der Waals surface area contributed by atoms with Gasteiger partial charge in [-0.25, -0.2) is 30.8 Å². The lowest BCUT2D eigenvalue weighted by atomic mass is 9.78. The van der Waals surface area contributed by atoms with Crippen molar-refractivity contribution < 1.29 is 95.0 Å². The first-order valence-corrected chi connectivity index (χ1v) is 32.0. The normalized spacial score (nSPS) is 34.7. The highest BCUT2D eigenvalue weighted by atomic mass is 32.3. The van der Waals surface area contributed by atoms with Crippen LogP contribution in [0.15, 0.2) is 0 Å². The van der Waals surface area contributed by atoms with E-state index in [1.165, 1.54) is 34.0 Å². The van der Waals surface area contributed by atoms with Gasteiger partial charge in [-0.15, -0.1) is 12.9 Å². The predicted molar refractivity (Wildman–Crippen MR) is 271 cm³/mol. The number of carbonyl (C=O) groups excluding carboxylic acids is 6. The molecule has 81 heavy (non-hydrogen) atoms. The number of amides is 9. The van der Waals surface area contributed by atoms with E-state index in [0.717, 1.165) is 90.5 Å². The summed E-state index contributed by atoms with van der Waals surface area (Å²) in [6.45, 7) is 5.20. The molecule has 456 valence electrons. The van der Waals surface area contributed by atoms with Crippen LogP contribution in [-0.2, 0) is 72.9 Å². The molecule has 0 aromatic carbocycles. The maximum atomic E-state index is 12.7. The van der Waals surface area contributed by atoms with Gasteiger partial charge in [0.1, 0.15) is 24.2 Å². The Morgan fingerprint density at radius 2 is 0.938 bits per heavy atom. The van der Waals surface area contributed by atoms with Crippen LogP contribution in [0.5, 0.6) is 0 Å². The lowest BCUT2D eigenvalue weighted by molar-refractivity contribution is -0.150. The molecule has 11 aliphatic heterocycles. The minimum absolute atomic E-state index is 0.0551. The van der Waals surface area contributed by atoms with Crippen LogP contribution in [-0.4, -0.2) is 239 Å². The summed E-state index contributed by atoms with van der Waals surface area (Å²) in [5.74, 6) is -0.917. The van der Waals surface area contributed by atoms with Crippen molar-refractivity contribution in [3.63, 3.8) is 0 Å². The molecule has 13 atom stereocenters. The number of fused-ring (bicyclic) bond motifs is 9. The second-order valence-corrected chi connectivity index (χ2v) is 25.7. The molecule has 0 aromatic heterocycles. The first-order valence-electron chi connectivity index (χ1n) is 27.9. The molecular formula is C45H72N12O21S3. The van der Waals surface area contributed by atoms with E-state index in [9.17, 15) is 54.0 Å². The van der Waals surface area contributed by atoms with Gasteiger partial charge in [0.25, 0.3) is 17.7 Å². The predicted octanol–water partition coefficient (Wildman–Crippen LogP) is -1.10. The van der Waals surface area contributed by atoms with Gasteiger partial charge in [-0.2, -0.15) is 40.4 Å². The van der Waals surface area contributed by atoms with Gasteiger partial charge in [0, 0.05) is 56.8 Å². The number of nitrogens with one attached hydrogen (secondary N) is 4. The molecule has 11 saturated heterocycles. The van der Waals surface area contributed by atoms with Crippen LogP contribution >= 0.6 is 0 Å². The van der Waals surface area contributed by atoms with Gasteiger partial charge in [0.15, 0.2) is 0 Å². The Hall–Kier alpha value is -4.41. The third-order valence-corrected chi connectivity index (χ3v) is 18.8. The quantitative estimate of drug-likeness (QED) is 0.0755. The molecule has 36 heteroatoms. The zero-order valence-electron chi connectivity index (χ0n) is 44.4. The molecule has 12 aliphatic rings. The zero-order chi connectivity index (χ0) is 57.5. The number of hydrogen-bond donors (Lipinski definition) is 7. The van der Waals surface area contributed by atoms with Crippen molar-refractivity contribution in [3.05, 3.63) is 0 Å². The number of piperidine rings is 5. The number of nitrogens with zero attached hydrogens (tertiary/aromatic N) is 8. The van der Waals surface area contributed by atoms with Crippen LogP contribution in [0.3, 0.4) is 0 Å². The van der Waals surface area contributed by atoms with E-state index in [4.69, 9.17) is 28.2 Å². The number of hydroxylamine groups is 9. The Bertz CT molecular complexity index is 2710. The molecule has 1 aliphatic carbocycles. The molecule has 0 radical (unpaired) electrons. The fraction of sp³-hybridized carbons (Fsp3) is 0.867. The zero-order valence-corrected chi connectivity index (χ0v) is 46.8. The lowest BCUT2D eigenvalue weighted by Gasteiger charge is -2.41. The van der Waals surface area contributed by atoms with Crippen LogP contribution in [0, 0.1) is 5.92 Å². The topological polar surface area (TPSA) is 395 Å². The summed E-state index contributed by atoms with van der Waals surface area (Å²) in [7, 11) is -14.4. The van der Waals surface area contributed by atoms with Gasteiger partial charge >= 0.3 is 49.3 Å². The first kappa shape index (κ1) is 59.7. The van der Waals surface area contributed by atoms with Crippen molar-refractivity contribution in [2.75, 3.05) is 52.4 Å². The summed E-state index contributed by atoms with van der Waals surface area (Å²) in [5.41, 5.74) is 7.51. The average Bonchev–Trinajstić information content (AvgIpc) is 4.26. The fourth-order valence-electron chi connectivity index (χ4n) is 14.0. The van der Waals surface area contributed by atoms with E-state index < -0.39 is 103 Å². The van der Waals surface area contributed by atoms with Crippen LogP contribution < -0.4 is 21.8 Å². The van der Waals surface area contributed by atoms with Gasteiger partial charge < -0.3 is 20.0 Å². The van der Waals surface area contributed by atoms with Gasteiger partial charge in [-0.3, -0.25) is 52.4 Å². The maximum absolute atomic E-state index is 12.7. The van der Waals surface area contributed by atoms with E-state index in [1.54, 1.807) is 0 Å². The van der Waals surface area contributed by atoms with Crippen LogP contribution in [0.4, 0.5) is 14.4 Å². The highest BCUT2D eigenvalue weighted by Gasteiger charge is 2.53. The summed E-state index contributed by atoms with van der Waals surface area (Å²) in [5, 5.41) is 5.39. The molecule has 12 fully saturated rings. The monoisotopic (exact) mass is 1210 g/mol. The van der Waals surface area contributed by atoms with Gasteiger partial charge in [0.2, 0.25) is 0 Å². The number of urea groups is 3. The Balaban J connectivity index is 0.000000136. The van der Waals surface area contributed by atoms with E-state index in [1.807, 2.05) is 0 Å². The SMILES string of the molecule is O=C(NOC1CC2CCCN2C1)[C@@H]1CC[C@@H]2CN1C(=O)N2OS(=O)(=O)O.O=C(NOC1CCN2CCCCC12)[C@@H]1CC[C@@H]2CN1C(=O)N2OS(=O)(=O)O.O=C(NOC1CCNC2CCCCC21)[C@@H]1CC[C@@H]2CN1C(=O)N2OS(=O)(=O)O. The molecule has 7 N–H and O–H groups in total. The molecule has 11 heterocycles. The summed E-state index contributed by atoms with van der Waals surface area (Å²) >= 11 is 0. The Morgan fingerprint density at radius 1 is 0.469 bits per heavy atom. The Labute approximate surface area is 468 Å². The molecule has 1 saturated carbocycles. The van der Waals surface area contributed by atoms with Gasteiger partial charge in [0.05, 0.1) is 30.3 Å². The summed E-state index contributed by atoms with van der Waals surface area (Å²) < 4.78 is 105. The minimum Gasteiger partial charge on any atom is -0.314 e. The van der Waals surface area contributed by atoms with E-state index in [0.29, 0.717) is 77.8 Å². The van der Waals surface area contributed by atoms with E-state index in [2.05, 4.69) is 44.4 Å². The molecule has 33 nitrogen and oxygen atoms in total. The second-order valence-electron chi connectivity index (χ2n) is 22.7. The van der Waals surface area contributed by atoms with Crippen LogP contribution in [0.2, 0.25) is 0 Å². The third-order valence-electron chi connectivity index (χ3n) is 17.7. The number of hydrogen-bond acceptors (Lipinski definition) is 21. The number of rotatable bonds is 15. The highest BCUT2D eigenvalue weighted by Crippen LogP contribution is 2.36. The maximum Gasteiger partial charge on any atom is 0.418 e. The van der Waals surface area contributed by atoms with Crippen molar-refractivity contribution in [2.24, 2.45) is 5.92 Å². The van der Waals surface area contributed by atoms with E-state index >= 15 is 0 Å². The largest absolute Gasteiger partial charge is 0.418 e. The molecule has 6 bridgehead atoms. The highest BCUT2D eigenvalue weighted by molar-refractivity contribution is 7.81. The Kier molecular flexibility index (Phi) is 18.2. The van der Waals surface area contributed by atoms with Crippen molar-refractivity contribution in [1.29, 1.82) is 0 Å². The molecule has 9 amide bonds. The molecule has 7 unspecified atom stereocenters. The fourth-order valence-corrected chi connectivity index (χ4v) is 15.2. The van der Waals surface area contributed by atoms with Gasteiger partial charge in [-0.1, -0.05) is 19.3 Å². The van der Waals surface area contributed by atoms with Crippen LogP contribution in [0.25, 0.3) is 0 Å². The number of carbonyl (C=O) groups is 6. The second kappa shape index (κ2) is 24.7. The molecular weight excluding hydrogens is 1140 g/mol. The van der Waals surface area contributed by atoms with E-state index in [-0.39, 0.29) is 37.9 Å². The Morgan fingerprint density at radius 3 is 1.44 bits per heavy atom. The van der Waals surface area contributed by atoms with Crippen molar-refractivity contribution in [1.82, 2.24) is 61.4 Å². The van der Waals surface area contributed by atoms with Gasteiger partial charge in [-0.05, 0) is 116 Å². The first-order chi connectivity index (χ1) is 38.5. The van der Waals surface area contributed by atoms with Crippen molar-refractivity contribution in [3.8, 4) is 0 Å². The third kappa shape index (κ3) is 13.9. The minimum atomic E-state index is -4.81. The standard InChI is InChI=1S/C16H26N4O7S.C15H24N4O7S.C14H22N4O7S/c21-15(18-26-14-7-8-17-12-4-2-1-3-11(12)14)13-6-5-10-9-19(13)16(22)20(10)27-28(23,24)25;20-14(16-25-13-6-8-17-7-2-1-3-11(13)17)12-5-4-10-9-18(12)15(21)19(10)26-27(22,23)24;19-13(15-24-11-6-9-2-1-5-16(9)8-11)12-4-3-10-7-17(12)14(20)18(10)25-26(21,22)23/h10-14,17H,1-9H2,(H,18,21)(H,23,24,25);10-13H,1-9H2,(H,16,20)(H,22,23,24);9-12H,1-8H2,(H,15,19)(H,21,22,23)/t10-,11?,12?,13+,14?;10-,11?,12+,13?;9?,10-,11?,12+/m111/s1. The van der Waals surface area contributed by atoms with Crippen molar-refractivity contribution >= 4 is 67.0 Å². The average molecular weight is 1210 g/mol. The molecule has 0 spiro atoms. The lowest BCUT2D eigenvalue weighted by Crippen LogP contribution is -2.54. The van der Waals surface area contributed by atoms with Crippen molar-refractivity contribution in [2.45, 2.75) is 188 Å². The summed E-state index contributed by atoms with van der Waals surface area (Å²) in [6.07, 6.45) is 14.9. The molecule has 0 aromatic rings. The summed E-state index contributed by atoms with van der Waals surface area (Å²) in [6, 6.07) is -4.83. The van der Waals surface area contributed by atoms with Crippen LogP contribution in [0.1, 0.15) is 116 Å².